The highest BCUT2D eigenvalue weighted by molar-refractivity contribution is 5.71. The van der Waals surface area contributed by atoms with Crippen LogP contribution >= 0.6 is 0 Å². The molecule has 3 unspecified atom stereocenters. The molecule has 0 radical (unpaired) electrons. The minimum Gasteiger partial charge on any atom is -0.481 e. The third-order valence-electron chi connectivity index (χ3n) is 4.28. The Morgan fingerprint density at radius 2 is 2.11 bits per heavy atom. The molecule has 1 N–H and O–H groups in total. The van der Waals surface area contributed by atoms with E-state index in [1.807, 2.05) is 0 Å². The van der Waals surface area contributed by atoms with E-state index in [1.54, 1.807) is 7.11 Å². The van der Waals surface area contributed by atoms with Gasteiger partial charge in [0, 0.05) is 19.7 Å². The second-order valence-electron chi connectivity index (χ2n) is 5.22. The van der Waals surface area contributed by atoms with Crippen molar-refractivity contribution in [2.45, 2.75) is 45.6 Å². The summed E-state index contributed by atoms with van der Waals surface area (Å²) < 4.78 is 5.12. The second-order valence-corrected chi connectivity index (χ2v) is 5.22. The van der Waals surface area contributed by atoms with Crippen molar-refractivity contribution < 1.29 is 14.6 Å². The molecule has 4 heteroatoms. The first kappa shape index (κ1) is 15.4. The van der Waals surface area contributed by atoms with Crippen LogP contribution in [0.5, 0.6) is 0 Å². The Bertz CT molecular complexity index is 257. The van der Waals surface area contributed by atoms with Crippen molar-refractivity contribution >= 4 is 5.97 Å². The van der Waals surface area contributed by atoms with Gasteiger partial charge in [-0.05, 0) is 31.7 Å². The van der Waals surface area contributed by atoms with Crippen LogP contribution in [-0.4, -0.2) is 48.8 Å². The topological polar surface area (TPSA) is 49.8 Å². The molecule has 0 amide bonds. The zero-order valence-corrected chi connectivity index (χ0v) is 11.9. The van der Waals surface area contributed by atoms with Crippen LogP contribution in [0.15, 0.2) is 0 Å². The molecule has 1 aliphatic carbocycles. The van der Waals surface area contributed by atoms with Crippen LogP contribution in [0.2, 0.25) is 0 Å². The fraction of sp³-hybridized carbons (Fsp3) is 0.929. The summed E-state index contributed by atoms with van der Waals surface area (Å²) in [6.45, 7) is 6.71. The minimum atomic E-state index is -0.634. The summed E-state index contributed by atoms with van der Waals surface area (Å²) >= 11 is 0. The lowest BCUT2D eigenvalue weighted by Crippen LogP contribution is -2.48. The zero-order valence-electron chi connectivity index (χ0n) is 11.9. The number of hydrogen-bond donors (Lipinski definition) is 1. The van der Waals surface area contributed by atoms with Gasteiger partial charge in [0.25, 0.3) is 0 Å². The fourth-order valence-corrected chi connectivity index (χ4v) is 3.06. The molecule has 1 aliphatic rings. The van der Waals surface area contributed by atoms with Crippen molar-refractivity contribution in [2.24, 2.45) is 11.8 Å². The summed E-state index contributed by atoms with van der Waals surface area (Å²) in [6.07, 6.45) is 4.06. The highest BCUT2D eigenvalue weighted by atomic mass is 16.5. The Balaban J connectivity index is 2.71. The molecule has 0 bridgehead atoms. The Morgan fingerprint density at radius 3 is 2.61 bits per heavy atom. The maximum Gasteiger partial charge on any atom is 0.308 e. The molecule has 0 heterocycles. The van der Waals surface area contributed by atoms with Gasteiger partial charge in [-0.25, -0.2) is 0 Å². The Labute approximate surface area is 110 Å². The first-order chi connectivity index (χ1) is 8.63. The number of methoxy groups -OCH3 is 1. The SMILES string of the molecule is CCC1CCC(C(=O)O)C(N(CC)CCOC)C1. The lowest BCUT2D eigenvalue weighted by atomic mass is 9.76. The van der Waals surface area contributed by atoms with E-state index in [1.165, 1.54) is 0 Å². The minimum absolute atomic E-state index is 0.182. The first-order valence-corrected chi connectivity index (χ1v) is 7.09. The molecule has 0 spiro atoms. The lowest BCUT2D eigenvalue weighted by Gasteiger charge is -2.40. The summed E-state index contributed by atoms with van der Waals surface area (Å²) in [6, 6.07) is 0.182. The summed E-state index contributed by atoms with van der Waals surface area (Å²) in [5, 5.41) is 9.38. The molecule has 0 aromatic carbocycles. The molecule has 0 saturated heterocycles. The van der Waals surface area contributed by atoms with E-state index in [-0.39, 0.29) is 12.0 Å². The predicted molar refractivity (Wildman–Crippen MR) is 71.7 cm³/mol. The molecule has 3 atom stereocenters. The van der Waals surface area contributed by atoms with Crippen molar-refractivity contribution in [3.05, 3.63) is 0 Å². The van der Waals surface area contributed by atoms with Crippen molar-refractivity contribution in [3.63, 3.8) is 0 Å². The number of aliphatic carboxylic acids is 1. The van der Waals surface area contributed by atoms with Gasteiger partial charge in [0.05, 0.1) is 12.5 Å². The van der Waals surface area contributed by atoms with E-state index < -0.39 is 5.97 Å². The highest BCUT2D eigenvalue weighted by Crippen LogP contribution is 2.34. The predicted octanol–water partition coefficient (Wildman–Crippen LogP) is 2.23. The number of nitrogens with zero attached hydrogens (tertiary/aromatic N) is 1. The molecular formula is C14H27NO3. The van der Waals surface area contributed by atoms with Crippen LogP contribution in [0.4, 0.5) is 0 Å². The van der Waals surface area contributed by atoms with Crippen molar-refractivity contribution in [2.75, 3.05) is 26.8 Å². The standard InChI is InChI=1S/C14H27NO3/c1-4-11-6-7-12(14(16)17)13(10-11)15(5-2)8-9-18-3/h11-13H,4-10H2,1-3H3,(H,16,17). The average molecular weight is 257 g/mol. The fourth-order valence-electron chi connectivity index (χ4n) is 3.06. The van der Waals surface area contributed by atoms with Gasteiger partial charge >= 0.3 is 5.97 Å². The van der Waals surface area contributed by atoms with Crippen LogP contribution in [0.25, 0.3) is 0 Å². The van der Waals surface area contributed by atoms with Gasteiger partial charge in [-0.2, -0.15) is 0 Å². The zero-order chi connectivity index (χ0) is 13.5. The van der Waals surface area contributed by atoms with E-state index in [0.29, 0.717) is 12.5 Å². The van der Waals surface area contributed by atoms with Gasteiger partial charge in [-0.1, -0.05) is 20.3 Å². The van der Waals surface area contributed by atoms with Gasteiger partial charge in [0.1, 0.15) is 0 Å². The van der Waals surface area contributed by atoms with E-state index in [0.717, 1.165) is 38.8 Å². The second kappa shape index (κ2) is 7.74. The summed E-state index contributed by atoms with van der Waals surface area (Å²) in [5.74, 6) is -0.155. The summed E-state index contributed by atoms with van der Waals surface area (Å²) in [4.78, 5) is 13.7. The van der Waals surface area contributed by atoms with Crippen molar-refractivity contribution in [1.29, 1.82) is 0 Å². The summed E-state index contributed by atoms with van der Waals surface area (Å²) in [7, 11) is 1.69. The number of rotatable bonds is 7. The largest absolute Gasteiger partial charge is 0.481 e. The molecule has 0 aromatic rings. The van der Waals surface area contributed by atoms with Gasteiger partial charge in [-0.3, -0.25) is 9.69 Å². The number of likely N-dealkylation sites (N-methyl/N-ethyl adjacent to an activating group) is 1. The molecule has 0 aliphatic heterocycles. The van der Waals surface area contributed by atoms with E-state index in [4.69, 9.17) is 4.74 Å². The number of ether oxygens (including phenoxy) is 1. The maximum atomic E-state index is 11.4. The third kappa shape index (κ3) is 3.95. The van der Waals surface area contributed by atoms with E-state index in [9.17, 15) is 9.90 Å². The monoisotopic (exact) mass is 257 g/mol. The van der Waals surface area contributed by atoms with Crippen LogP contribution in [0.1, 0.15) is 39.5 Å². The molecule has 1 rings (SSSR count). The smallest absolute Gasteiger partial charge is 0.308 e. The highest BCUT2D eigenvalue weighted by Gasteiger charge is 2.37. The Morgan fingerprint density at radius 1 is 1.39 bits per heavy atom. The van der Waals surface area contributed by atoms with Crippen LogP contribution < -0.4 is 0 Å². The Kier molecular flexibility index (Phi) is 6.65. The summed E-state index contributed by atoms with van der Waals surface area (Å²) in [5.41, 5.74) is 0. The molecule has 0 aromatic heterocycles. The molecule has 106 valence electrons. The lowest BCUT2D eigenvalue weighted by molar-refractivity contribution is -0.146. The van der Waals surface area contributed by atoms with Crippen molar-refractivity contribution in [1.82, 2.24) is 4.90 Å². The number of carboxylic acid groups (broad SMARTS) is 1. The molecule has 18 heavy (non-hydrogen) atoms. The number of carbonyl (C=O) groups is 1. The normalized spacial score (nSPS) is 28.6. The third-order valence-corrected chi connectivity index (χ3v) is 4.28. The van der Waals surface area contributed by atoms with Gasteiger partial charge in [0.2, 0.25) is 0 Å². The average Bonchev–Trinajstić information content (AvgIpc) is 2.39. The maximum absolute atomic E-state index is 11.4. The number of hydrogen-bond acceptors (Lipinski definition) is 3. The Hall–Kier alpha value is -0.610. The molecule has 1 fully saturated rings. The van der Waals surface area contributed by atoms with Crippen LogP contribution in [0, 0.1) is 11.8 Å². The van der Waals surface area contributed by atoms with E-state index >= 15 is 0 Å². The first-order valence-electron chi connectivity index (χ1n) is 7.09. The van der Waals surface area contributed by atoms with Gasteiger partial charge in [-0.15, -0.1) is 0 Å². The number of carboxylic acids is 1. The van der Waals surface area contributed by atoms with Crippen LogP contribution in [-0.2, 0) is 9.53 Å². The molecular weight excluding hydrogens is 230 g/mol. The molecule has 4 nitrogen and oxygen atoms in total. The van der Waals surface area contributed by atoms with E-state index in [2.05, 4.69) is 18.7 Å². The van der Waals surface area contributed by atoms with Gasteiger partial charge < -0.3 is 9.84 Å². The van der Waals surface area contributed by atoms with Crippen molar-refractivity contribution in [3.8, 4) is 0 Å². The van der Waals surface area contributed by atoms with Crippen LogP contribution in [0.3, 0.4) is 0 Å². The molecule has 1 saturated carbocycles. The van der Waals surface area contributed by atoms with Gasteiger partial charge in [0.15, 0.2) is 0 Å². The quantitative estimate of drug-likeness (QED) is 0.760.